The molecule has 0 aromatic heterocycles. The van der Waals surface area contributed by atoms with Crippen molar-refractivity contribution in [2.45, 2.75) is 76.0 Å². The molecule has 0 aliphatic heterocycles. The van der Waals surface area contributed by atoms with Crippen LogP contribution in [0.2, 0.25) is 0 Å². The van der Waals surface area contributed by atoms with Gasteiger partial charge in [-0.3, -0.25) is 0 Å². The Morgan fingerprint density at radius 1 is 0.500 bits per heavy atom. The summed E-state index contributed by atoms with van der Waals surface area (Å²) in [5, 5.41) is 21.9. The number of aromatic hydroxyl groups is 2. The molecule has 0 heterocycles. The summed E-state index contributed by atoms with van der Waals surface area (Å²) in [4.78, 5) is 0. The Balaban J connectivity index is 1.24. The monoisotopic (exact) mass is 378 g/mol. The lowest BCUT2D eigenvalue weighted by molar-refractivity contribution is 0.259. The van der Waals surface area contributed by atoms with E-state index in [0.717, 1.165) is 47.3 Å². The Labute approximate surface area is 168 Å². The molecular weight excluding hydrogens is 344 g/mol. The molecule has 2 nitrogen and oxygen atoms in total. The van der Waals surface area contributed by atoms with Gasteiger partial charge < -0.3 is 10.2 Å². The molecule has 4 bridgehead atoms. The molecule has 8 atom stereocenters. The van der Waals surface area contributed by atoms with Crippen LogP contribution in [0.1, 0.15) is 87.2 Å². The molecule has 2 heteroatoms. The van der Waals surface area contributed by atoms with Crippen molar-refractivity contribution in [3.05, 3.63) is 23.3 Å². The Morgan fingerprint density at radius 3 is 1.14 bits per heavy atom. The molecule has 0 amide bonds. The number of phenols is 2. The van der Waals surface area contributed by atoms with Crippen molar-refractivity contribution in [2.24, 2.45) is 47.3 Å². The molecule has 6 fully saturated rings. The molecular formula is C26H34O2. The van der Waals surface area contributed by atoms with E-state index in [1.807, 2.05) is 0 Å². The maximum atomic E-state index is 11.0. The predicted molar refractivity (Wildman–Crippen MR) is 109 cm³/mol. The van der Waals surface area contributed by atoms with Gasteiger partial charge in [0.2, 0.25) is 0 Å². The first-order valence-corrected chi connectivity index (χ1v) is 12.2. The molecule has 6 aliphatic carbocycles. The third-order valence-electron chi connectivity index (χ3n) is 10.8. The van der Waals surface area contributed by atoms with Gasteiger partial charge in [0.05, 0.1) is 0 Å². The van der Waals surface area contributed by atoms with Crippen LogP contribution in [-0.4, -0.2) is 10.2 Å². The van der Waals surface area contributed by atoms with Crippen molar-refractivity contribution in [3.63, 3.8) is 0 Å². The maximum Gasteiger partial charge on any atom is 0.119 e. The normalized spacial score (nSPS) is 50.4. The highest BCUT2D eigenvalue weighted by atomic mass is 16.3. The van der Waals surface area contributed by atoms with Crippen LogP contribution >= 0.6 is 0 Å². The van der Waals surface area contributed by atoms with Crippen molar-refractivity contribution in [1.82, 2.24) is 0 Å². The lowest BCUT2D eigenvalue weighted by Gasteiger charge is -2.24. The molecule has 150 valence electrons. The van der Waals surface area contributed by atoms with Crippen LogP contribution in [0.25, 0.3) is 0 Å². The van der Waals surface area contributed by atoms with Gasteiger partial charge in [-0.05, 0) is 136 Å². The summed E-state index contributed by atoms with van der Waals surface area (Å²) in [7, 11) is 0. The standard InChI is InChI=1S/C26H34O2/c27-23-5-6-24(28)26(18-11-21-15-3-4-16(8-15)22(21)12-18)25(23)17-9-19-13-1-2-14(7-13)20(19)10-17/h5-6,13-22,27-28H,1-4,7-12H2. The van der Waals surface area contributed by atoms with E-state index < -0.39 is 0 Å². The topological polar surface area (TPSA) is 40.5 Å². The molecule has 8 unspecified atom stereocenters. The van der Waals surface area contributed by atoms with Gasteiger partial charge in [-0.15, -0.1) is 0 Å². The second kappa shape index (κ2) is 5.70. The SMILES string of the molecule is Oc1ccc(O)c(C2CC3C4CCC(C4)C3C2)c1C1CC2C3CCC(C3)C2C1. The van der Waals surface area contributed by atoms with Crippen LogP contribution in [-0.2, 0) is 0 Å². The van der Waals surface area contributed by atoms with Gasteiger partial charge >= 0.3 is 0 Å². The third-order valence-corrected chi connectivity index (χ3v) is 10.8. The van der Waals surface area contributed by atoms with E-state index in [1.165, 1.54) is 75.3 Å². The van der Waals surface area contributed by atoms with E-state index in [4.69, 9.17) is 0 Å². The average Bonchev–Trinajstić information content (AvgIpc) is 3.49. The van der Waals surface area contributed by atoms with E-state index in [0.29, 0.717) is 23.3 Å². The highest BCUT2D eigenvalue weighted by molar-refractivity contribution is 5.52. The van der Waals surface area contributed by atoms with E-state index in [2.05, 4.69) is 0 Å². The van der Waals surface area contributed by atoms with Gasteiger partial charge in [-0.25, -0.2) is 0 Å². The predicted octanol–water partition coefficient (Wildman–Crippen LogP) is 6.18. The van der Waals surface area contributed by atoms with Crippen molar-refractivity contribution >= 4 is 0 Å². The van der Waals surface area contributed by atoms with Crippen LogP contribution in [0.4, 0.5) is 0 Å². The number of hydrogen-bond donors (Lipinski definition) is 2. The molecule has 0 saturated heterocycles. The Kier molecular flexibility index (Phi) is 3.38. The minimum atomic E-state index is 0.477. The minimum absolute atomic E-state index is 0.477. The second-order valence-electron chi connectivity index (χ2n) is 11.6. The first-order chi connectivity index (χ1) is 13.7. The van der Waals surface area contributed by atoms with Gasteiger partial charge in [-0.1, -0.05) is 0 Å². The Morgan fingerprint density at radius 2 is 0.821 bits per heavy atom. The fourth-order valence-electron chi connectivity index (χ4n) is 9.98. The third kappa shape index (κ3) is 2.10. The van der Waals surface area contributed by atoms with Crippen LogP contribution in [0.5, 0.6) is 11.5 Å². The Bertz CT molecular complexity index is 712. The molecule has 6 aliphatic rings. The highest BCUT2D eigenvalue weighted by Gasteiger charge is 2.55. The van der Waals surface area contributed by atoms with E-state index in [-0.39, 0.29) is 0 Å². The fraction of sp³-hybridized carbons (Fsp3) is 0.769. The van der Waals surface area contributed by atoms with E-state index >= 15 is 0 Å². The van der Waals surface area contributed by atoms with E-state index in [9.17, 15) is 10.2 Å². The molecule has 1 aromatic rings. The average molecular weight is 379 g/mol. The summed E-state index contributed by atoms with van der Waals surface area (Å²) >= 11 is 0. The smallest absolute Gasteiger partial charge is 0.119 e. The maximum absolute atomic E-state index is 11.0. The lowest BCUT2D eigenvalue weighted by Crippen LogP contribution is -2.15. The molecule has 1 aromatic carbocycles. The molecule has 6 saturated carbocycles. The van der Waals surface area contributed by atoms with Crippen molar-refractivity contribution in [3.8, 4) is 11.5 Å². The van der Waals surface area contributed by atoms with Crippen LogP contribution in [0.15, 0.2) is 12.1 Å². The summed E-state index contributed by atoms with van der Waals surface area (Å²) in [6, 6.07) is 3.55. The summed E-state index contributed by atoms with van der Waals surface area (Å²) in [5.74, 6) is 9.37. The zero-order valence-corrected chi connectivity index (χ0v) is 16.9. The molecule has 7 rings (SSSR count). The number of fused-ring (bicyclic) bond motifs is 10. The van der Waals surface area contributed by atoms with Crippen LogP contribution in [0.3, 0.4) is 0 Å². The van der Waals surface area contributed by atoms with Gasteiger partial charge in [0.25, 0.3) is 0 Å². The minimum Gasteiger partial charge on any atom is -0.508 e. The van der Waals surface area contributed by atoms with Gasteiger partial charge in [0, 0.05) is 11.1 Å². The van der Waals surface area contributed by atoms with E-state index in [1.54, 1.807) is 12.1 Å². The zero-order valence-electron chi connectivity index (χ0n) is 16.9. The highest BCUT2D eigenvalue weighted by Crippen LogP contribution is 2.66. The fourth-order valence-corrected chi connectivity index (χ4v) is 9.98. The number of phenolic OH excluding ortho intramolecular Hbond substituents is 2. The zero-order chi connectivity index (χ0) is 18.6. The van der Waals surface area contributed by atoms with Crippen molar-refractivity contribution in [1.29, 1.82) is 0 Å². The van der Waals surface area contributed by atoms with Crippen LogP contribution in [0, 0.1) is 47.3 Å². The Hall–Kier alpha value is -1.18. The number of hydrogen-bond acceptors (Lipinski definition) is 2. The molecule has 28 heavy (non-hydrogen) atoms. The largest absolute Gasteiger partial charge is 0.508 e. The quantitative estimate of drug-likeness (QED) is 0.604. The number of rotatable bonds is 2. The first-order valence-electron chi connectivity index (χ1n) is 12.2. The number of benzene rings is 1. The van der Waals surface area contributed by atoms with Crippen LogP contribution < -0.4 is 0 Å². The van der Waals surface area contributed by atoms with Crippen molar-refractivity contribution in [2.75, 3.05) is 0 Å². The first kappa shape index (κ1) is 16.6. The second-order valence-corrected chi connectivity index (χ2v) is 11.6. The van der Waals surface area contributed by atoms with Gasteiger partial charge in [-0.2, -0.15) is 0 Å². The molecule has 0 spiro atoms. The summed E-state index contributed by atoms with van der Waals surface area (Å²) in [6.45, 7) is 0. The molecule has 0 radical (unpaired) electrons. The van der Waals surface area contributed by atoms with Crippen molar-refractivity contribution < 1.29 is 10.2 Å². The van der Waals surface area contributed by atoms with Gasteiger partial charge in [0.1, 0.15) is 11.5 Å². The summed E-state index contributed by atoms with van der Waals surface area (Å²) in [6.07, 6.45) is 13.8. The summed E-state index contributed by atoms with van der Waals surface area (Å²) < 4.78 is 0. The lowest BCUT2D eigenvalue weighted by atomic mass is 9.81. The summed E-state index contributed by atoms with van der Waals surface area (Å²) in [5.41, 5.74) is 2.34. The van der Waals surface area contributed by atoms with Gasteiger partial charge in [0.15, 0.2) is 0 Å². The molecule has 2 N–H and O–H groups in total.